The number of piperazine rings is 1. The van der Waals surface area contributed by atoms with Crippen LogP contribution in [0.5, 0.6) is 0 Å². The fraction of sp³-hybridized carbons (Fsp3) is 0.350. The molecule has 7 nitrogen and oxygen atoms in total. The number of nitrogens with zero attached hydrogens (tertiary/aromatic N) is 3. The van der Waals surface area contributed by atoms with Gasteiger partial charge in [-0.15, -0.1) is 0 Å². The van der Waals surface area contributed by atoms with Gasteiger partial charge in [-0.25, -0.2) is 14.2 Å². The van der Waals surface area contributed by atoms with Gasteiger partial charge in [0.2, 0.25) is 0 Å². The summed E-state index contributed by atoms with van der Waals surface area (Å²) in [5.41, 5.74) is 1.27. The Morgan fingerprint density at radius 3 is 2.43 bits per heavy atom. The fourth-order valence-corrected chi connectivity index (χ4v) is 2.93. The van der Waals surface area contributed by atoms with Gasteiger partial charge >= 0.3 is 6.09 Å². The summed E-state index contributed by atoms with van der Waals surface area (Å²) >= 11 is 0. The zero-order valence-corrected chi connectivity index (χ0v) is 15.7. The van der Waals surface area contributed by atoms with Gasteiger partial charge in [0.1, 0.15) is 11.6 Å². The number of carbonyl (C=O) groups excluding carboxylic acids is 2. The van der Waals surface area contributed by atoms with Crippen LogP contribution in [0.15, 0.2) is 42.6 Å². The van der Waals surface area contributed by atoms with Crippen LogP contribution in [0.3, 0.4) is 0 Å². The third-order valence-corrected chi connectivity index (χ3v) is 4.51. The summed E-state index contributed by atoms with van der Waals surface area (Å²) in [5, 5.41) is 2.79. The third kappa shape index (κ3) is 4.97. The first-order valence-corrected chi connectivity index (χ1v) is 9.22. The number of amides is 2. The molecule has 1 aliphatic heterocycles. The molecule has 0 bridgehead atoms. The average molecular weight is 386 g/mol. The lowest BCUT2D eigenvalue weighted by Gasteiger charge is -2.34. The van der Waals surface area contributed by atoms with E-state index >= 15 is 0 Å². The van der Waals surface area contributed by atoms with Gasteiger partial charge in [-0.1, -0.05) is 12.1 Å². The van der Waals surface area contributed by atoms with E-state index in [1.165, 1.54) is 18.3 Å². The van der Waals surface area contributed by atoms with Crippen LogP contribution < -0.4 is 10.2 Å². The van der Waals surface area contributed by atoms with Gasteiger partial charge in [-0.05, 0) is 36.8 Å². The molecule has 1 saturated heterocycles. The topological polar surface area (TPSA) is 74.8 Å². The van der Waals surface area contributed by atoms with Crippen molar-refractivity contribution in [2.24, 2.45) is 0 Å². The van der Waals surface area contributed by atoms with Crippen molar-refractivity contribution in [1.82, 2.24) is 15.2 Å². The minimum atomic E-state index is -0.307. The summed E-state index contributed by atoms with van der Waals surface area (Å²) in [6, 6.07) is 9.51. The molecular weight excluding hydrogens is 363 g/mol. The summed E-state index contributed by atoms with van der Waals surface area (Å²) in [6.45, 7) is 4.92. The molecule has 8 heteroatoms. The minimum Gasteiger partial charge on any atom is -0.450 e. The molecule has 1 N–H and O–H groups in total. The summed E-state index contributed by atoms with van der Waals surface area (Å²) in [7, 11) is 0. The molecule has 0 atom stereocenters. The molecule has 1 fully saturated rings. The van der Waals surface area contributed by atoms with E-state index in [1.807, 2.05) is 0 Å². The molecule has 1 aromatic carbocycles. The maximum absolute atomic E-state index is 12.9. The van der Waals surface area contributed by atoms with Crippen molar-refractivity contribution < 1.29 is 18.7 Å². The van der Waals surface area contributed by atoms with Gasteiger partial charge in [0, 0.05) is 38.9 Å². The van der Waals surface area contributed by atoms with Gasteiger partial charge in [0.15, 0.2) is 0 Å². The number of rotatable bonds is 5. The summed E-state index contributed by atoms with van der Waals surface area (Å²) < 4.78 is 17.9. The second kappa shape index (κ2) is 9.16. The normalized spacial score (nSPS) is 13.9. The van der Waals surface area contributed by atoms with Gasteiger partial charge in [0.05, 0.1) is 12.2 Å². The number of nitrogens with one attached hydrogen (secondary N) is 1. The quantitative estimate of drug-likeness (QED) is 0.854. The molecule has 2 amide bonds. The number of benzene rings is 1. The predicted octanol–water partition coefficient (Wildman–Crippen LogP) is 2.43. The van der Waals surface area contributed by atoms with E-state index in [9.17, 15) is 14.0 Å². The highest BCUT2D eigenvalue weighted by atomic mass is 19.1. The van der Waals surface area contributed by atoms with E-state index in [-0.39, 0.29) is 17.8 Å². The van der Waals surface area contributed by atoms with Crippen LogP contribution in [-0.4, -0.2) is 54.7 Å². The van der Waals surface area contributed by atoms with Crippen LogP contribution in [0.2, 0.25) is 0 Å². The highest BCUT2D eigenvalue weighted by molar-refractivity contribution is 5.94. The van der Waals surface area contributed by atoms with Crippen LogP contribution in [-0.2, 0) is 11.3 Å². The number of pyridine rings is 1. The largest absolute Gasteiger partial charge is 0.450 e. The van der Waals surface area contributed by atoms with E-state index in [0.717, 1.165) is 11.4 Å². The lowest BCUT2D eigenvalue weighted by Crippen LogP contribution is -2.49. The summed E-state index contributed by atoms with van der Waals surface area (Å²) in [4.78, 5) is 32.1. The Balaban J connectivity index is 1.51. The van der Waals surface area contributed by atoms with Crippen LogP contribution >= 0.6 is 0 Å². The van der Waals surface area contributed by atoms with E-state index in [4.69, 9.17) is 4.74 Å². The zero-order valence-electron chi connectivity index (χ0n) is 15.7. The number of ether oxygens (including phenoxy) is 1. The predicted molar refractivity (Wildman–Crippen MR) is 103 cm³/mol. The van der Waals surface area contributed by atoms with Crippen LogP contribution in [0.1, 0.15) is 22.8 Å². The first kappa shape index (κ1) is 19.6. The molecule has 0 spiro atoms. The van der Waals surface area contributed by atoms with Crippen molar-refractivity contribution >= 4 is 17.8 Å². The Kier molecular flexibility index (Phi) is 6.41. The Labute approximate surface area is 163 Å². The van der Waals surface area contributed by atoms with Crippen molar-refractivity contribution in [2.45, 2.75) is 13.5 Å². The molecule has 1 aliphatic rings. The molecule has 2 aromatic rings. The molecule has 0 unspecified atom stereocenters. The SMILES string of the molecule is CCOC(=O)N1CCN(c2ccc(C(=O)NCc3ccc(F)cc3)cn2)CC1. The van der Waals surface area contributed by atoms with Crippen molar-refractivity contribution in [2.75, 3.05) is 37.7 Å². The van der Waals surface area contributed by atoms with E-state index in [1.54, 1.807) is 36.1 Å². The molecular formula is C20H23FN4O3. The van der Waals surface area contributed by atoms with E-state index in [0.29, 0.717) is 44.9 Å². The van der Waals surface area contributed by atoms with Crippen molar-refractivity contribution in [3.63, 3.8) is 0 Å². The number of hydrogen-bond donors (Lipinski definition) is 1. The Morgan fingerprint density at radius 2 is 1.82 bits per heavy atom. The first-order chi connectivity index (χ1) is 13.6. The smallest absolute Gasteiger partial charge is 0.409 e. The lowest BCUT2D eigenvalue weighted by atomic mass is 10.2. The molecule has 3 rings (SSSR count). The van der Waals surface area contributed by atoms with Gasteiger partial charge < -0.3 is 19.9 Å². The third-order valence-electron chi connectivity index (χ3n) is 4.51. The van der Waals surface area contributed by atoms with E-state index in [2.05, 4.69) is 15.2 Å². The number of hydrogen-bond acceptors (Lipinski definition) is 5. The highest BCUT2D eigenvalue weighted by Gasteiger charge is 2.22. The maximum Gasteiger partial charge on any atom is 0.409 e. The number of halogens is 1. The van der Waals surface area contributed by atoms with Crippen LogP contribution in [0.25, 0.3) is 0 Å². The van der Waals surface area contributed by atoms with Gasteiger partial charge in [-0.3, -0.25) is 4.79 Å². The molecule has 28 heavy (non-hydrogen) atoms. The van der Waals surface area contributed by atoms with E-state index < -0.39 is 0 Å². The minimum absolute atomic E-state index is 0.240. The molecule has 1 aromatic heterocycles. The second-order valence-electron chi connectivity index (χ2n) is 6.39. The van der Waals surface area contributed by atoms with Crippen LogP contribution in [0.4, 0.5) is 15.0 Å². The van der Waals surface area contributed by atoms with Crippen LogP contribution in [0, 0.1) is 5.82 Å². The maximum atomic E-state index is 12.9. The molecule has 2 heterocycles. The fourth-order valence-electron chi connectivity index (χ4n) is 2.93. The number of anilines is 1. The van der Waals surface area contributed by atoms with Crippen molar-refractivity contribution in [3.05, 3.63) is 59.5 Å². The molecule has 148 valence electrons. The standard InChI is InChI=1S/C20H23FN4O3/c1-2-28-20(27)25-11-9-24(10-12-25)18-8-5-16(14-22-18)19(26)23-13-15-3-6-17(21)7-4-15/h3-8,14H,2,9-13H2,1H3,(H,23,26). The Bertz CT molecular complexity index is 803. The van der Waals surface area contributed by atoms with Crippen molar-refractivity contribution in [3.8, 4) is 0 Å². The molecule has 0 saturated carbocycles. The second-order valence-corrected chi connectivity index (χ2v) is 6.39. The number of aromatic nitrogens is 1. The number of carbonyl (C=O) groups is 2. The lowest BCUT2D eigenvalue weighted by molar-refractivity contribution is 0.0949. The van der Waals surface area contributed by atoms with Gasteiger partial charge in [-0.2, -0.15) is 0 Å². The van der Waals surface area contributed by atoms with Gasteiger partial charge in [0.25, 0.3) is 5.91 Å². The Morgan fingerprint density at radius 1 is 1.11 bits per heavy atom. The average Bonchev–Trinajstić information content (AvgIpc) is 2.73. The van der Waals surface area contributed by atoms with Crippen molar-refractivity contribution in [1.29, 1.82) is 0 Å². The highest BCUT2D eigenvalue weighted by Crippen LogP contribution is 2.15. The zero-order chi connectivity index (χ0) is 19.9. The summed E-state index contributed by atoms with van der Waals surface area (Å²) in [5.74, 6) is 0.215. The Hall–Kier alpha value is -3.16. The monoisotopic (exact) mass is 386 g/mol. The summed E-state index contributed by atoms with van der Waals surface area (Å²) in [6.07, 6.45) is 1.25. The molecule has 0 radical (unpaired) electrons. The molecule has 0 aliphatic carbocycles. The first-order valence-electron chi connectivity index (χ1n) is 9.22.